The molecular weight excluding hydrogens is 785 g/mol. The summed E-state index contributed by atoms with van der Waals surface area (Å²) < 4.78 is 7.34. The fourth-order valence-electron chi connectivity index (χ4n) is 11.0. The molecule has 0 saturated carbocycles. The lowest BCUT2D eigenvalue weighted by Gasteiger charge is -2.16. The Morgan fingerprint density at radius 3 is 1.97 bits per heavy atom. The minimum absolute atomic E-state index is 0.727. The van der Waals surface area contributed by atoms with Gasteiger partial charge in [-0.2, -0.15) is 0 Å². The SMILES string of the molecule is c1ccc2cc(-c3nc(-c4ccc(-n5c6ccc7c(c8cccc9c%10ccccc%10n7c98)c6c6ccc7ccccc7c65)c5ccccc45)nc4c3sc3ccccc34)ccc2c1. The summed E-state index contributed by atoms with van der Waals surface area (Å²) in [6.45, 7) is 0. The first-order chi connectivity index (χ1) is 31.3. The first-order valence-electron chi connectivity index (χ1n) is 21.5. The molecular formula is C58H32N4S. The second kappa shape index (κ2) is 12.3. The maximum atomic E-state index is 5.51. The Morgan fingerprint density at radius 2 is 1.06 bits per heavy atom. The van der Waals surface area contributed by atoms with Crippen LogP contribution < -0.4 is 0 Å². The summed E-state index contributed by atoms with van der Waals surface area (Å²) in [6.07, 6.45) is 0. The highest BCUT2D eigenvalue weighted by molar-refractivity contribution is 7.26. The molecule has 0 radical (unpaired) electrons. The van der Waals surface area contributed by atoms with Crippen LogP contribution in [0.4, 0.5) is 0 Å². The van der Waals surface area contributed by atoms with Crippen LogP contribution in [0.3, 0.4) is 0 Å². The van der Waals surface area contributed by atoms with Crippen LogP contribution in [0, 0.1) is 0 Å². The number of aromatic nitrogens is 4. The Balaban J connectivity index is 1.04. The highest BCUT2D eigenvalue weighted by atomic mass is 32.1. The molecule has 0 saturated heterocycles. The maximum Gasteiger partial charge on any atom is 0.161 e. The first-order valence-corrected chi connectivity index (χ1v) is 22.3. The third-order valence-corrected chi connectivity index (χ3v) is 14.8. The van der Waals surface area contributed by atoms with E-state index in [9.17, 15) is 0 Å². The van der Waals surface area contributed by atoms with Crippen molar-refractivity contribution in [1.82, 2.24) is 18.9 Å². The lowest BCUT2D eigenvalue weighted by molar-refractivity contribution is 1.20. The van der Waals surface area contributed by atoms with E-state index < -0.39 is 0 Å². The van der Waals surface area contributed by atoms with Crippen molar-refractivity contribution in [2.45, 2.75) is 0 Å². The molecule has 0 atom stereocenters. The second-order valence-electron chi connectivity index (χ2n) is 16.8. The van der Waals surface area contributed by atoms with E-state index in [1.165, 1.54) is 86.1 Å². The van der Waals surface area contributed by atoms with Crippen LogP contribution in [0.15, 0.2) is 194 Å². The van der Waals surface area contributed by atoms with Crippen LogP contribution in [-0.4, -0.2) is 18.9 Å². The van der Waals surface area contributed by atoms with Gasteiger partial charge in [-0.3, -0.25) is 0 Å². The lowest BCUT2D eigenvalue weighted by atomic mass is 10.0. The molecule has 290 valence electrons. The molecule has 63 heavy (non-hydrogen) atoms. The first kappa shape index (κ1) is 33.6. The van der Waals surface area contributed by atoms with Gasteiger partial charge in [0.15, 0.2) is 5.82 Å². The summed E-state index contributed by atoms with van der Waals surface area (Å²) in [7, 11) is 0. The van der Waals surface area contributed by atoms with Gasteiger partial charge in [-0.15, -0.1) is 11.3 Å². The third-order valence-electron chi connectivity index (χ3n) is 13.6. The number of nitrogens with zero attached hydrogens (tertiary/aromatic N) is 4. The number of hydrogen-bond acceptors (Lipinski definition) is 3. The molecule has 0 unspecified atom stereocenters. The van der Waals surface area contributed by atoms with Crippen molar-refractivity contribution in [3.8, 4) is 28.3 Å². The molecule has 15 aromatic rings. The predicted molar refractivity (Wildman–Crippen MR) is 267 cm³/mol. The summed E-state index contributed by atoms with van der Waals surface area (Å²) in [6, 6.07) is 71.0. The highest BCUT2D eigenvalue weighted by Crippen LogP contribution is 2.48. The largest absolute Gasteiger partial charge is 0.308 e. The summed E-state index contributed by atoms with van der Waals surface area (Å²) >= 11 is 1.77. The van der Waals surface area contributed by atoms with Gasteiger partial charge in [-0.25, -0.2) is 9.97 Å². The summed E-state index contributed by atoms with van der Waals surface area (Å²) in [5.41, 5.74) is 11.4. The van der Waals surface area contributed by atoms with Gasteiger partial charge in [0.25, 0.3) is 0 Å². The highest BCUT2D eigenvalue weighted by Gasteiger charge is 2.25. The summed E-state index contributed by atoms with van der Waals surface area (Å²) in [5, 5.41) is 16.0. The topological polar surface area (TPSA) is 35.1 Å². The van der Waals surface area contributed by atoms with Crippen LogP contribution >= 0.6 is 11.3 Å². The zero-order valence-electron chi connectivity index (χ0n) is 33.7. The van der Waals surface area contributed by atoms with Crippen molar-refractivity contribution < 1.29 is 0 Å². The van der Waals surface area contributed by atoms with Crippen molar-refractivity contribution in [2.24, 2.45) is 0 Å². The molecule has 10 aromatic carbocycles. The molecule has 0 fully saturated rings. The molecule has 0 aliphatic rings. The Bertz CT molecular complexity index is 4450. The quantitative estimate of drug-likeness (QED) is 0.178. The lowest BCUT2D eigenvalue weighted by Crippen LogP contribution is -1.99. The van der Waals surface area contributed by atoms with E-state index in [2.05, 4.69) is 203 Å². The van der Waals surface area contributed by atoms with Gasteiger partial charge < -0.3 is 8.97 Å². The smallest absolute Gasteiger partial charge is 0.161 e. The number of rotatable bonds is 3. The van der Waals surface area contributed by atoms with Crippen LogP contribution in [0.25, 0.3) is 141 Å². The average Bonchev–Trinajstić information content (AvgIpc) is 4.09. The van der Waals surface area contributed by atoms with E-state index in [1.54, 1.807) is 11.3 Å². The molecule has 15 rings (SSSR count). The molecule has 0 aliphatic heterocycles. The van der Waals surface area contributed by atoms with E-state index in [0.29, 0.717) is 0 Å². The van der Waals surface area contributed by atoms with Crippen molar-refractivity contribution in [2.75, 3.05) is 0 Å². The van der Waals surface area contributed by atoms with Gasteiger partial charge in [-0.05, 0) is 64.0 Å². The molecule has 0 spiro atoms. The molecule has 0 aliphatic carbocycles. The van der Waals surface area contributed by atoms with E-state index in [1.807, 2.05) is 0 Å². The minimum Gasteiger partial charge on any atom is -0.308 e. The number of fused-ring (bicyclic) bond motifs is 17. The fraction of sp³-hybridized carbons (Fsp3) is 0. The van der Waals surface area contributed by atoms with Crippen molar-refractivity contribution in [3.05, 3.63) is 194 Å². The zero-order valence-corrected chi connectivity index (χ0v) is 34.5. The summed E-state index contributed by atoms with van der Waals surface area (Å²) in [5.74, 6) is 0.727. The molecule has 0 amide bonds. The molecule has 5 heterocycles. The Morgan fingerprint density at radius 1 is 0.397 bits per heavy atom. The Hall–Kier alpha value is -8.12. The van der Waals surface area contributed by atoms with Crippen LogP contribution in [0.1, 0.15) is 0 Å². The normalized spacial score (nSPS) is 12.4. The van der Waals surface area contributed by atoms with E-state index >= 15 is 0 Å². The van der Waals surface area contributed by atoms with Gasteiger partial charge in [-0.1, -0.05) is 152 Å². The van der Waals surface area contributed by atoms with Crippen LogP contribution in [-0.2, 0) is 0 Å². The predicted octanol–water partition coefficient (Wildman–Crippen LogP) is 15.9. The zero-order chi connectivity index (χ0) is 40.9. The number of hydrogen-bond donors (Lipinski definition) is 0. The molecule has 0 N–H and O–H groups in total. The van der Waals surface area contributed by atoms with Gasteiger partial charge in [0.2, 0.25) is 0 Å². The Labute approximate surface area is 363 Å². The number of para-hydroxylation sites is 2. The number of thiophene rings is 1. The second-order valence-corrected chi connectivity index (χ2v) is 17.9. The minimum atomic E-state index is 0.727. The van der Waals surface area contributed by atoms with Crippen molar-refractivity contribution in [3.63, 3.8) is 0 Å². The molecule has 4 nitrogen and oxygen atoms in total. The monoisotopic (exact) mass is 816 g/mol. The van der Waals surface area contributed by atoms with Gasteiger partial charge in [0.1, 0.15) is 0 Å². The summed E-state index contributed by atoms with van der Waals surface area (Å²) in [4.78, 5) is 11.0. The third kappa shape index (κ3) is 4.43. The van der Waals surface area contributed by atoms with E-state index in [0.717, 1.165) is 54.7 Å². The number of benzene rings is 10. The molecule has 0 bridgehead atoms. The fourth-order valence-corrected chi connectivity index (χ4v) is 12.1. The van der Waals surface area contributed by atoms with E-state index in [4.69, 9.17) is 9.97 Å². The van der Waals surface area contributed by atoms with Gasteiger partial charge >= 0.3 is 0 Å². The van der Waals surface area contributed by atoms with Crippen molar-refractivity contribution >= 4 is 124 Å². The van der Waals surface area contributed by atoms with Crippen LogP contribution in [0.2, 0.25) is 0 Å². The van der Waals surface area contributed by atoms with Gasteiger partial charge in [0, 0.05) is 64.3 Å². The van der Waals surface area contributed by atoms with Crippen LogP contribution in [0.5, 0.6) is 0 Å². The maximum absolute atomic E-state index is 5.51. The molecule has 5 aromatic heterocycles. The van der Waals surface area contributed by atoms with E-state index in [-0.39, 0.29) is 0 Å². The van der Waals surface area contributed by atoms with Gasteiger partial charge in [0.05, 0.1) is 49.2 Å². The Kier molecular flexibility index (Phi) is 6.53. The van der Waals surface area contributed by atoms with Crippen molar-refractivity contribution in [1.29, 1.82) is 0 Å². The standard InChI is InChI=1S/C58H32N4S/c1-2-14-35-32-36(25-24-33(35)12-1)53-57-54(43-19-8-10-23-50(43)63-57)60-58(59-53)42-28-29-47(39-17-6-5-16-38(39)42)62-49-31-30-48-51(52(49)45-27-26-34-13-3-4-15-37(34)55(45)62)44-21-11-20-41-40-18-7-9-22-46(40)61(48)56(41)44/h1-32H. The molecule has 5 heteroatoms. The average molecular weight is 817 g/mol.